The summed E-state index contributed by atoms with van der Waals surface area (Å²) in [6, 6.07) is 9.40. The number of nitrogens with two attached hydrogens (primary N) is 1. The van der Waals surface area contributed by atoms with Crippen LogP contribution in [0.15, 0.2) is 30.3 Å². The van der Waals surface area contributed by atoms with Crippen LogP contribution in [0.3, 0.4) is 0 Å². The summed E-state index contributed by atoms with van der Waals surface area (Å²) in [4.78, 5) is 35.3. The zero-order chi connectivity index (χ0) is 18.1. The number of carbonyl (C=O) groups is 3. The van der Waals surface area contributed by atoms with Gasteiger partial charge in [0.2, 0.25) is 17.7 Å². The average molecular weight is 330 g/mol. The van der Waals surface area contributed by atoms with E-state index in [2.05, 4.69) is 10.6 Å². The first-order valence-corrected chi connectivity index (χ1v) is 7.63. The van der Waals surface area contributed by atoms with E-state index in [-0.39, 0.29) is 18.7 Å². The zero-order valence-electron chi connectivity index (χ0n) is 13.8. The number of nitrogens with one attached hydrogen (secondary N) is 2. The van der Waals surface area contributed by atoms with E-state index >= 15 is 0 Å². The van der Waals surface area contributed by atoms with E-state index in [1.54, 1.807) is 6.92 Å². The number of primary amides is 1. The third kappa shape index (κ3) is 6.48. The Morgan fingerprint density at radius 1 is 1.17 bits per heavy atom. The maximum atomic E-state index is 12.5. The van der Waals surface area contributed by atoms with Gasteiger partial charge in [-0.15, -0.1) is 0 Å². The van der Waals surface area contributed by atoms with Crippen LogP contribution < -0.4 is 16.4 Å². The van der Waals surface area contributed by atoms with E-state index in [0.29, 0.717) is 0 Å². The Morgan fingerprint density at radius 3 is 2.29 bits per heavy atom. The molecule has 0 aliphatic heterocycles. The first kappa shape index (κ1) is 19.2. The monoisotopic (exact) mass is 330 g/mol. The van der Waals surface area contributed by atoms with Crippen LogP contribution in [0.2, 0.25) is 0 Å². The lowest BCUT2D eigenvalue weighted by Crippen LogP contribution is -2.53. The minimum Gasteiger partial charge on any atom is -0.368 e. The average Bonchev–Trinajstić information content (AvgIpc) is 2.53. The number of benzene rings is 1. The molecule has 0 radical (unpaired) electrons. The Labute approximate surface area is 141 Å². The highest BCUT2D eigenvalue weighted by molar-refractivity contribution is 5.91. The first-order chi connectivity index (χ1) is 11.3. The molecule has 0 saturated carbocycles. The Hall–Kier alpha value is -2.88. The highest BCUT2D eigenvalue weighted by Gasteiger charge is 2.26. The molecule has 1 aromatic rings. The molecule has 0 aromatic heterocycles. The molecule has 7 heteroatoms. The van der Waals surface area contributed by atoms with E-state index in [0.717, 1.165) is 5.56 Å². The predicted molar refractivity (Wildman–Crippen MR) is 88.3 cm³/mol. The standard InChI is InChI=1S/C17H22N4O3/c1-11(10-18)8-14(16(19)23)21-17(24)15(20-12(2)22)9-13-6-4-3-5-7-13/h3-7,11,14-15H,8-9H2,1-2H3,(H2,19,23)(H,20,22)(H,21,24)/t11-,14-,15+/m0/s1. The fourth-order valence-electron chi connectivity index (χ4n) is 2.23. The lowest BCUT2D eigenvalue weighted by Gasteiger charge is -2.22. The zero-order valence-corrected chi connectivity index (χ0v) is 13.8. The van der Waals surface area contributed by atoms with Gasteiger partial charge >= 0.3 is 0 Å². The number of nitrogens with zero attached hydrogens (tertiary/aromatic N) is 1. The van der Waals surface area contributed by atoms with Crippen LogP contribution in [0.1, 0.15) is 25.8 Å². The molecular weight excluding hydrogens is 308 g/mol. The Bertz CT molecular complexity index is 624. The van der Waals surface area contributed by atoms with E-state index < -0.39 is 29.8 Å². The summed E-state index contributed by atoms with van der Waals surface area (Å²) in [5, 5.41) is 14.0. The molecule has 24 heavy (non-hydrogen) atoms. The van der Waals surface area contributed by atoms with Gasteiger partial charge < -0.3 is 16.4 Å². The van der Waals surface area contributed by atoms with Crippen LogP contribution in [-0.2, 0) is 20.8 Å². The fraction of sp³-hybridized carbons (Fsp3) is 0.412. The molecular formula is C17H22N4O3. The molecule has 1 aromatic carbocycles. The van der Waals surface area contributed by atoms with Gasteiger partial charge in [-0.25, -0.2) is 0 Å². The van der Waals surface area contributed by atoms with Crippen molar-refractivity contribution >= 4 is 17.7 Å². The van der Waals surface area contributed by atoms with Crippen LogP contribution >= 0.6 is 0 Å². The molecule has 128 valence electrons. The molecule has 7 nitrogen and oxygen atoms in total. The summed E-state index contributed by atoms with van der Waals surface area (Å²) in [5.74, 6) is -2.02. The summed E-state index contributed by atoms with van der Waals surface area (Å²) in [6.45, 7) is 2.95. The summed E-state index contributed by atoms with van der Waals surface area (Å²) < 4.78 is 0. The molecule has 0 aliphatic rings. The maximum Gasteiger partial charge on any atom is 0.243 e. The van der Waals surface area contributed by atoms with E-state index in [1.165, 1.54) is 6.92 Å². The molecule has 0 bridgehead atoms. The largest absolute Gasteiger partial charge is 0.368 e. The van der Waals surface area contributed by atoms with Gasteiger partial charge in [-0.1, -0.05) is 30.3 Å². The Morgan fingerprint density at radius 2 is 1.79 bits per heavy atom. The van der Waals surface area contributed by atoms with Gasteiger partial charge in [0, 0.05) is 19.3 Å². The van der Waals surface area contributed by atoms with Crippen molar-refractivity contribution in [3.8, 4) is 6.07 Å². The van der Waals surface area contributed by atoms with Crippen molar-refractivity contribution in [3.05, 3.63) is 35.9 Å². The Balaban J connectivity index is 2.84. The molecule has 1 rings (SSSR count). The van der Waals surface area contributed by atoms with Crippen molar-refractivity contribution in [2.24, 2.45) is 11.7 Å². The molecule has 4 N–H and O–H groups in total. The summed E-state index contributed by atoms with van der Waals surface area (Å²) in [6.07, 6.45) is 0.404. The van der Waals surface area contributed by atoms with Crippen molar-refractivity contribution in [2.75, 3.05) is 0 Å². The van der Waals surface area contributed by atoms with Crippen molar-refractivity contribution in [1.29, 1.82) is 5.26 Å². The number of nitriles is 1. The number of rotatable bonds is 8. The van der Waals surface area contributed by atoms with Crippen molar-refractivity contribution in [3.63, 3.8) is 0 Å². The third-order valence-electron chi connectivity index (χ3n) is 3.45. The Kier molecular flexibility index (Phi) is 7.43. The molecule has 0 fully saturated rings. The van der Waals surface area contributed by atoms with Gasteiger partial charge in [-0.3, -0.25) is 14.4 Å². The second kappa shape index (κ2) is 9.30. The molecule has 0 unspecified atom stereocenters. The molecule has 0 aliphatic carbocycles. The number of hydrogen-bond acceptors (Lipinski definition) is 4. The minimum atomic E-state index is -0.959. The maximum absolute atomic E-state index is 12.5. The van der Waals surface area contributed by atoms with Crippen LogP contribution in [0.4, 0.5) is 0 Å². The predicted octanol–water partition coefficient (Wildman–Crippen LogP) is 0.254. The van der Waals surface area contributed by atoms with E-state index in [1.807, 2.05) is 36.4 Å². The first-order valence-electron chi connectivity index (χ1n) is 7.63. The number of amides is 3. The normalized spacial score (nSPS) is 13.9. The third-order valence-corrected chi connectivity index (χ3v) is 3.45. The smallest absolute Gasteiger partial charge is 0.243 e. The van der Waals surface area contributed by atoms with E-state index in [9.17, 15) is 14.4 Å². The van der Waals surface area contributed by atoms with E-state index in [4.69, 9.17) is 11.0 Å². The molecule has 3 amide bonds. The van der Waals surface area contributed by atoms with Gasteiger partial charge in [0.15, 0.2) is 0 Å². The number of carbonyl (C=O) groups excluding carboxylic acids is 3. The SMILES string of the molecule is CC(=O)N[C@H](Cc1ccccc1)C(=O)N[C@@H](C[C@H](C)C#N)C(N)=O. The highest BCUT2D eigenvalue weighted by Crippen LogP contribution is 2.07. The molecule has 3 atom stereocenters. The van der Waals surface area contributed by atoms with Crippen molar-refractivity contribution in [1.82, 2.24) is 10.6 Å². The molecule has 0 spiro atoms. The van der Waals surface area contributed by atoms with Crippen LogP contribution in [-0.4, -0.2) is 29.8 Å². The van der Waals surface area contributed by atoms with Gasteiger partial charge in [0.1, 0.15) is 12.1 Å². The molecule has 0 heterocycles. The van der Waals surface area contributed by atoms with Gasteiger partial charge in [0.25, 0.3) is 0 Å². The lowest BCUT2D eigenvalue weighted by molar-refractivity contribution is -0.131. The van der Waals surface area contributed by atoms with Gasteiger partial charge in [-0.05, 0) is 18.9 Å². The summed E-state index contributed by atoms with van der Waals surface area (Å²) in [7, 11) is 0. The second-order valence-electron chi connectivity index (χ2n) is 5.67. The van der Waals surface area contributed by atoms with Crippen LogP contribution in [0.5, 0.6) is 0 Å². The van der Waals surface area contributed by atoms with Crippen molar-refractivity contribution in [2.45, 2.75) is 38.8 Å². The molecule has 0 saturated heterocycles. The van der Waals surface area contributed by atoms with Gasteiger partial charge in [-0.2, -0.15) is 5.26 Å². The highest BCUT2D eigenvalue weighted by atomic mass is 16.2. The fourth-order valence-corrected chi connectivity index (χ4v) is 2.23. The van der Waals surface area contributed by atoms with Crippen molar-refractivity contribution < 1.29 is 14.4 Å². The quantitative estimate of drug-likeness (QED) is 0.632. The topological polar surface area (TPSA) is 125 Å². The summed E-state index contributed by atoms with van der Waals surface area (Å²) in [5.41, 5.74) is 6.16. The minimum absolute atomic E-state index is 0.121. The van der Waals surface area contributed by atoms with Gasteiger partial charge in [0.05, 0.1) is 6.07 Å². The number of hydrogen-bond donors (Lipinski definition) is 3. The van der Waals surface area contributed by atoms with Crippen LogP contribution in [0.25, 0.3) is 0 Å². The second-order valence-corrected chi connectivity index (χ2v) is 5.67. The summed E-state index contributed by atoms with van der Waals surface area (Å²) >= 11 is 0. The lowest BCUT2D eigenvalue weighted by atomic mass is 10.0. The van der Waals surface area contributed by atoms with Crippen LogP contribution in [0, 0.1) is 17.2 Å².